The van der Waals surface area contributed by atoms with Gasteiger partial charge in [-0.15, -0.1) is 0 Å². The molecule has 0 fully saturated rings. The molecule has 0 saturated carbocycles. The number of carbonyl (C=O) groups excluding carboxylic acids is 1. The van der Waals surface area contributed by atoms with Crippen LogP contribution in [0.2, 0.25) is 10.0 Å². The molecule has 5 nitrogen and oxygen atoms in total. The normalized spacial score (nSPS) is 12.0. The largest absolute Gasteiger partial charge is 0.370 e. The minimum absolute atomic E-state index is 0.142. The molecule has 1 amide bonds. The minimum Gasteiger partial charge on any atom is -0.370 e. The van der Waals surface area contributed by atoms with Gasteiger partial charge in [-0.1, -0.05) is 23.2 Å². The van der Waals surface area contributed by atoms with Crippen LogP contribution in [0.4, 0.5) is 5.95 Å². The van der Waals surface area contributed by atoms with Crippen molar-refractivity contribution in [3.8, 4) is 0 Å². The Hall–Kier alpha value is -1.46. The maximum Gasteiger partial charge on any atom is 0.219 e. The van der Waals surface area contributed by atoms with E-state index in [0.29, 0.717) is 21.5 Å². The van der Waals surface area contributed by atoms with E-state index in [-0.39, 0.29) is 6.42 Å². The Balaban J connectivity index is 2.69. The summed E-state index contributed by atoms with van der Waals surface area (Å²) in [7, 11) is 0. The number of nitrogens with zero attached hydrogens (tertiary/aromatic N) is 2. The zero-order chi connectivity index (χ0) is 14.4. The predicted octanol–water partition coefficient (Wildman–Crippen LogP) is 2.54. The van der Waals surface area contributed by atoms with Gasteiger partial charge < -0.3 is 16.0 Å². The number of carbonyl (C=O) groups is 1. The molecule has 0 aliphatic rings. The van der Waals surface area contributed by atoms with E-state index in [1.165, 1.54) is 0 Å². The first-order chi connectivity index (χ1) is 8.72. The molecule has 2 rings (SSSR count). The van der Waals surface area contributed by atoms with Gasteiger partial charge >= 0.3 is 0 Å². The zero-order valence-corrected chi connectivity index (χ0v) is 12.1. The maximum atomic E-state index is 11.2. The lowest BCUT2D eigenvalue weighted by atomic mass is 9.99. The van der Waals surface area contributed by atoms with E-state index in [9.17, 15) is 4.79 Å². The Labute approximate surface area is 120 Å². The fourth-order valence-corrected chi connectivity index (χ4v) is 2.55. The van der Waals surface area contributed by atoms with Crippen LogP contribution in [-0.2, 0) is 10.3 Å². The molecule has 7 heteroatoms. The summed E-state index contributed by atoms with van der Waals surface area (Å²) in [6, 6.07) is 3.33. The molecule has 1 heterocycles. The number of halogens is 2. The molecule has 0 aliphatic carbocycles. The number of fused-ring (bicyclic) bond motifs is 1. The second kappa shape index (κ2) is 4.58. The van der Waals surface area contributed by atoms with Gasteiger partial charge in [-0.05, 0) is 26.0 Å². The number of primary amides is 1. The number of amides is 1. The van der Waals surface area contributed by atoms with Crippen molar-refractivity contribution in [2.24, 2.45) is 5.73 Å². The Morgan fingerprint density at radius 2 is 1.95 bits per heavy atom. The van der Waals surface area contributed by atoms with Crippen molar-refractivity contribution in [3.63, 3.8) is 0 Å². The van der Waals surface area contributed by atoms with Crippen molar-refractivity contribution in [1.29, 1.82) is 0 Å². The summed E-state index contributed by atoms with van der Waals surface area (Å²) in [5, 5.41) is 0.816. The minimum atomic E-state index is -0.595. The SMILES string of the molecule is CC(C)(CC(N)=O)n1c(N)nc2cc(Cl)c(Cl)cc21. The van der Waals surface area contributed by atoms with Crippen LogP contribution in [0.5, 0.6) is 0 Å². The summed E-state index contributed by atoms with van der Waals surface area (Å²) in [4.78, 5) is 15.4. The van der Waals surface area contributed by atoms with Crippen molar-refractivity contribution in [2.45, 2.75) is 25.8 Å². The zero-order valence-electron chi connectivity index (χ0n) is 10.6. The first-order valence-electron chi connectivity index (χ1n) is 5.64. The number of hydrogen-bond donors (Lipinski definition) is 2. The van der Waals surface area contributed by atoms with E-state index in [1.807, 2.05) is 13.8 Å². The monoisotopic (exact) mass is 300 g/mol. The van der Waals surface area contributed by atoms with Gasteiger partial charge in [0.1, 0.15) is 0 Å². The molecule has 1 aromatic heterocycles. The molecule has 0 aliphatic heterocycles. The molecule has 0 atom stereocenters. The van der Waals surface area contributed by atoms with Crippen LogP contribution in [0.3, 0.4) is 0 Å². The summed E-state index contributed by atoms with van der Waals surface area (Å²) in [6.45, 7) is 3.72. The van der Waals surface area contributed by atoms with E-state index in [4.69, 9.17) is 34.7 Å². The maximum absolute atomic E-state index is 11.2. The number of hydrogen-bond acceptors (Lipinski definition) is 3. The van der Waals surface area contributed by atoms with Crippen LogP contribution in [0.25, 0.3) is 11.0 Å². The van der Waals surface area contributed by atoms with Crippen LogP contribution in [0.15, 0.2) is 12.1 Å². The number of nitrogens with two attached hydrogens (primary N) is 2. The van der Waals surface area contributed by atoms with Crippen molar-refractivity contribution in [1.82, 2.24) is 9.55 Å². The topological polar surface area (TPSA) is 86.9 Å². The third kappa shape index (κ3) is 2.48. The van der Waals surface area contributed by atoms with Gasteiger partial charge in [-0.2, -0.15) is 0 Å². The lowest BCUT2D eigenvalue weighted by molar-refractivity contribution is -0.119. The van der Waals surface area contributed by atoms with Gasteiger partial charge in [0.05, 0.1) is 26.6 Å². The fraction of sp³-hybridized carbons (Fsp3) is 0.333. The molecule has 1 aromatic carbocycles. The standard InChI is InChI=1S/C12H14Cl2N4O/c1-12(2,5-10(15)19)18-9-4-7(14)6(13)3-8(9)17-11(18)16/h3-4H,5H2,1-2H3,(H2,15,19)(H2,16,17). The van der Waals surface area contributed by atoms with Gasteiger partial charge in [0.25, 0.3) is 0 Å². The molecule has 102 valence electrons. The highest BCUT2D eigenvalue weighted by Gasteiger charge is 2.27. The second-order valence-electron chi connectivity index (χ2n) is 5.02. The van der Waals surface area contributed by atoms with Gasteiger partial charge in [0.15, 0.2) is 0 Å². The molecular formula is C12H14Cl2N4O. The molecule has 0 saturated heterocycles. The van der Waals surface area contributed by atoms with E-state index in [1.54, 1.807) is 16.7 Å². The molecular weight excluding hydrogens is 287 g/mol. The molecule has 19 heavy (non-hydrogen) atoms. The smallest absolute Gasteiger partial charge is 0.219 e. The predicted molar refractivity (Wildman–Crippen MR) is 77.3 cm³/mol. The van der Waals surface area contributed by atoms with E-state index < -0.39 is 11.4 Å². The molecule has 4 N–H and O–H groups in total. The third-order valence-electron chi connectivity index (χ3n) is 2.93. The third-order valence-corrected chi connectivity index (χ3v) is 3.66. The number of imidazole rings is 1. The molecule has 0 radical (unpaired) electrons. The summed E-state index contributed by atoms with van der Waals surface area (Å²) in [6.07, 6.45) is 0.142. The van der Waals surface area contributed by atoms with Crippen LogP contribution < -0.4 is 11.5 Å². The highest BCUT2D eigenvalue weighted by molar-refractivity contribution is 6.42. The van der Waals surface area contributed by atoms with E-state index >= 15 is 0 Å². The Kier molecular flexibility index (Phi) is 3.36. The average molecular weight is 301 g/mol. The van der Waals surface area contributed by atoms with Crippen molar-refractivity contribution in [3.05, 3.63) is 22.2 Å². The Morgan fingerprint density at radius 3 is 2.53 bits per heavy atom. The van der Waals surface area contributed by atoms with Gasteiger partial charge in [0.2, 0.25) is 11.9 Å². The van der Waals surface area contributed by atoms with Crippen LogP contribution in [0, 0.1) is 0 Å². The average Bonchev–Trinajstić information content (AvgIpc) is 2.53. The quantitative estimate of drug-likeness (QED) is 0.913. The summed E-state index contributed by atoms with van der Waals surface area (Å²) in [5.74, 6) is -0.120. The van der Waals surface area contributed by atoms with Gasteiger partial charge in [-0.3, -0.25) is 4.79 Å². The van der Waals surface area contributed by atoms with E-state index in [0.717, 1.165) is 5.52 Å². The van der Waals surface area contributed by atoms with Crippen LogP contribution >= 0.6 is 23.2 Å². The van der Waals surface area contributed by atoms with E-state index in [2.05, 4.69) is 4.98 Å². The Bertz CT molecular complexity index is 663. The van der Waals surface area contributed by atoms with Crippen molar-refractivity contribution < 1.29 is 4.79 Å². The summed E-state index contributed by atoms with van der Waals surface area (Å²) >= 11 is 12.0. The lowest BCUT2D eigenvalue weighted by Gasteiger charge is -2.27. The summed E-state index contributed by atoms with van der Waals surface area (Å²) in [5.41, 5.74) is 12.0. The molecule has 0 spiro atoms. The highest BCUT2D eigenvalue weighted by Crippen LogP contribution is 2.33. The number of rotatable bonds is 3. The molecule has 2 aromatic rings. The highest BCUT2D eigenvalue weighted by atomic mass is 35.5. The van der Waals surface area contributed by atoms with Crippen molar-refractivity contribution in [2.75, 3.05) is 5.73 Å². The van der Waals surface area contributed by atoms with Gasteiger partial charge in [-0.25, -0.2) is 4.98 Å². The number of nitrogen functional groups attached to an aromatic ring is 1. The molecule has 0 unspecified atom stereocenters. The second-order valence-corrected chi connectivity index (χ2v) is 5.83. The summed E-state index contributed by atoms with van der Waals surface area (Å²) < 4.78 is 1.75. The van der Waals surface area contributed by atoms with Crippen LogP contribution in [0.1, 0.15) is 20.3 Å². The number of aromatic nitrogens is 2. The molecule has 0 bridgehead atoms. The lowest BCUT2D eigenvalue weighted by Crippen LogP contribution is -2.33. The van der Waals surface area contributed by atoms with Gasteiger partial charge in [0, 0.05) is 6.42 Å². The fourth-order valence-electron chi connectivity index (χ4n) is 2.23. The first-order valence-corrected chi connectivity index (χ1v) is 6.40. The number of benzene rings is 1. The first kappa shape index (κ1) is 14.0. The number of anilines is 1. The van der Waals surface area contributed by atoms with Crippen LogP contribution in [-0.4, -0.2) is 15.5 Å². The Morgan fingerprint density at radius 1 is 1.37 bits per heavy atom. The van der Waals surface area contributed by atoms with Crippen molar-refractivity contribution >= 4 is 46.1 Å².